The summed E-state index contributed by atoms with van der Waals surface area (Å²) in [5.41, 5.74) is 4.18. The van der Waals surface area contributed by atoms with Gasteiger partial charge in [0.1, 0.15) is 0 Å². The van der Waals surface area contributed by atoms with Crippen molar-refractivity contribution in [3.8, 4) is 0 Å². The Balaban J connectivity index is 6.68. The molecule has 0 saturated carbocycles. The Hall–Kier alpha value is -0.420. The standard InChI is InChI=1S/C2H6FNO10S3/c3-1(5,15(6,7)8)2(4,16(9,10)11)17(12,13)14/h5H,4H2,(H,6,7,8)(H,9,10,11)(H,12,13,14). The SMILES string of the molecule is NC(C(O)(F)S(=O)(=O)O)(S(=O)(=O)O)S(=O)(=O)O. The first-order valence-corrected chi connectivity index (χ1v) is 7.43. The number of hydrogen-bond donors (Lipinski definition) is 5. The molecule has 0 aromatic heterocycles. The quantitative estimate of drug-likeness (QED) is 0.327. The van der Waals surface area contributed by atoms with Crippen molar-refractivity contribution in [2.24, 2.45) is 5.73 Å². The number of alkyl halides is 1. The molecule has 17 heavy (non-hydrogen) atoms. The smallest absolute Gasteiger partial charge is 0.345 e. The lowest BCUT2D eigenvalue weighted by Crippen LogP contribution is -2.70. The van der Waals surface area contributed by atoms with Crippen molar-refractivity contribution < 1.29 is 48.4 Å². The van der Waals surface area contributed by atoms with E-state index < -0.39 is 39.7 Å². The van der Waals surface area contributed by atoms with Gasteiger partial charge in [-0.25, -0.2) is 0 Å². The van der Waals surface area contributed by atoms with Gasteiger partial charge >= 0.3 is 39.7 Å². The van der Waals surface area contributed by atoms with Crippen LogP contribution in [0, 0.1) is 0 Å². The van der Waals surface area contributed by atoms with Gasteiger partial charge in [0.25, 0.3) is 0 Å². The van der Waals surface area contributed by atoms with Crippen LogP contribution >= 0.6 is 0 Å². The summed E-state index contributed by atoms with van der Waals surface area (Å²) in [7, 11) is -19.2. The molecule has 0 amide bonds. The Kier molecular flexibility index (Phi) is 3.69. The number of hydrogen-bond acceptors (Lipinski definition) is 8. The van der Waals surface area contributed by atoms with Gasteiger partial charge in [0.2, 0.25) is 0 Å². The molecule has 0 saturated heterocycles. The highest BCUT2D eigenvalue weighted by atomic mass is 32.3. The summed E-state index contributed by atoms with van der Waals surface area (Å²) in [6.07, 6.45) is 0. The molecule has 0 aliphatic heterocycles. The van der Waals surface area contributed by atoms with Crippen molar-refractivity contribution in [1.29, 1.82) is 0 Å². The van der Waals surface area contributed by atoms with E-state index in [9.17, 15) is 29.6 Å². The second-order valence-electron chi connectivity index (χ2n) is 2.65. The molecule has 1 atom stereocenters. The van der Waals surface area contributed by atoms with E-state index in [2.05, 4.69) is 5.73 Å². The zero-order valence-electron chi connectivity index (χ0n) is 7.42. The number of nitrogens with two attached hydrogens (primary N) is 1. The maximum atomic E-state index is 13.2. The third kappa shape index (κ3) is 2.27. The lowest BCUT2D eigenvalue weighted by atomic mass is 10.6. The van der Waals surface area contributed by atoms with Gasteiger partial charge in [-0.15, -0.1) is 0 Å². The molecule has 0 fully saturated rings. The summed E-state index contributed by atoms with van der Waals surface area (Å²) in [4.78, 5) is 0. The highest BCUT2D eigenvalue weighted by Gasteiger charge is 2.74. The molecule has 11 nitrogen and oxygen atoms in total. The van der Waals surface area contributed by atoms with Gasteiger partial charge in [0.05, 0.1) is 0 Å². The molecule has 0 rings (SSSR count). The third-order valence-corrected chi connectivity index (χ3v) is 6.14. The molecule has 104 valence electrons. The molecular weight excluding hydrogens is 313 g/mol. The number of rotatable bonds is 4. The van der Waals surface area contributed by atoms with E-state index in [1.54, 1.807) is 0 Å². The second-order valence-corrected chi connectivity index (χ2v) is 7.59. The van der Waals surface area contributed by atoms with Crippen LogP contribution in [0.15, 0.2) is 0 Å². The lowest BCUT2D eigenvalue weighted by Gasteiger charge is -2.29. The molecule has 0 aliphatic rings. The van der Waals surface area contributed by atoms with Gasteiger partial charge in [-0.05, 0) is 0 Å². The first-order chi connectivity index (χ1) is 7.00. The maximum Gasteiger partial charge on any atom is 0.386 e. The molecule has 0 aromatic rings. The van der Waals surface area contributed by atoms with Crippen molar-refractivity contribution in [3.63, 3.8) is 0 Å². The van der Waals surface area contributed by atoms with Crippen LogP contribution in [0.4, 0.5) is 4.39 Å². The molecule has 1 unspecified atom stereocenters. The molecule has 0 heterocycles. The molecule has 0 bridgehead atoms. The third-order valence-electron chi connectivity index (χ3n) is 1.54. The monoisotopic (exact) mass is 319 g/mol. The van der Waals surface area contributed by atoms with E-state index in [4.69, 9.17) is 18.8 Å². The summed E-state index contributed by atoms with van der Waals surface area (Å²) in [6.45, 7) is 0. The molecule has 0 aliphatic carbocycles. The average Bonchev–Trinajstić information content (AvgIpc) is 1.95. The minimum absolute atomic E-state index is 4.18. The van der Waals surface area contributed by atoms with Gasteiger partial charge in [-0.1, -0.05) is 0 Å². The van der Waals surface area contributed by atoms with Crippen molar-refractivity contribution >= 4 is 30.4 Å². The Labute approximate surface area is 94.3 Å². The van der Waals surface area contributed by atoms with Crippen LogP contribution in [0.2, 0.25) is 0 Å². The first kappa shape index (κ1) is 16.6. The van der Waals surface area contributed by atoms with Gasteiger partial charge in [0, 0.05) is 0 Å². The Bertz CT molecular complexity index is 578. The van der Waals surface area contributed by atoms with E-state index in [0.717, 1.165) is 0 Å². The summed E-state index contributed by atoms with van der Waals surface area (Å²) >= 11 is 0. The van der Waals surface area contributed by atoms with E-state index in [1.165, 1.54) is 0 Å². The fourth-order valence-electron chi connectivity index (χ4n) is 0.631. The molecule has 0 spiro atoms. The fraction of sp³-hybridized carbons (Fsp3) is 1.00. The molecule has 6 N–H and O–H groups in total. The van der Waals surface area contributed by atoms with Crippen LogP contribution < -0.4 is 5.73 Å². The van der Waals surface area contributed by atoms with Crippen molar-refractivity contribution in [2.75, 3.05) is 0 Å². The topological polar surface area (TPSA) is 209 Å². The molecular formula is C2H6FNO10S3. The van der Waals surface area contributed by atoms with E-state index >= 15 is 0 Å². The summed E-state index contributed by atoms with van der Waals surface area (Å²) < 4.78 is 95.4. The number of aliphatic hydroxyl groups is 1. The predicted octanol–water partition coefficient (Wildman–Crippen LogP) is -3.12. The van der Waals surface area contributed by atoms with E-state index in [-0.39, 0.29) is 0 Å². The zero-order valence-corrected chi connectivity index (χ0v) is 9.87. The van der Waals surface area contributed by atoms with Crippen molar-refractivity contribution in [2.45, 2.75) is 9.39 Å². The molecule has 15 heteroatoms. The van der Waals surface area contributed by atoms with Crippen molar-refractivity contribution in [3.05, 3.63) is 0 Å². The number of halogens is 1. The fourth-order valence-corrected chi connectivity index (χ4v) is 3.96. The van der Waals surface area contributed by atoms with Gasteiger partial charge in [-0.2, -0.15) is 29.6 Å². The second kappa shape index (κ2) is 3.79. The minimum Gasteiger partial charge on any atom is -0.345 e. The maximum absolute atomic E-state index is 13.2. The highest BCUT2D eigenvalue weighted by molar-refractivity contribution is 8.06. The Morgan fingerprint density at radius 3 is 1.12 bits per heavy atom. The van der Waals surface area contributed by atoms with Gasteiger partial charge in [-0.3, -0.25) is 19.4 Å². The van der Waals surface area contributed by atoms with Crippen LogP contribution in [0.1, 0.15) is 0 Å². The largest absolute Gasteiger partial charge is 0.386 e. The van der Waals surface area contributed by atoms with Gasteiger partial charge < -0.3 is 5.11 Å². The van der Waals surface area contributed by atoms with Gasteiger partial charge in [0.15, 0.2) is 0 Å². The van der Waals surface area contributed by atoms with E-state index in [0.29, 0.717) is 0 Å². The normalized spacial score (nSPS) is 18.7. The molecule has 0 radical (unpaired) electrons. The van der Waals surface area contributed by atoms with Crippen molar-refractivity contribution in [1.82, 2.24) is 0 Å². The van der Waals surface area contributed by atoms with Crippen LogP contribution in [0.5, 0.6) is 0 Å². The van der Waals surface area contributed by atoms with Crippen LogP contribution in [0.3, 0.4) is 0 Å². The predicted molar refractivity (Wildman–Crippen MR) is 47.6 cm³/mol. The summed E-state index contributed by atoms with van der Waals surface area (Å²) in [6, 6.07) is 0. The first-order valence-electron chi connectivity index (χ1n) is 3.11. The Morgan fingerprint density at radius 1 is 0.824 bits per heavy atom. The lowest BCUT2D eigenvalue weighted by molar-refractivity contribution is -0.0313. The average molecular weight is 319 g/mol. The van der Waals surface area contributed by atoms with E-state index in [1.807, 2.05) is 0 Å². The van der Waals surface area contributed by atoms with Crippen LogP contribution in [-0.2, 0) is 30.4 Å². The summed E-state index contributed by atoms with van der Waals surface area (Å²) in [5, 5.41) is 2.92. The zero-order chi connectivity index (χ0) is 14.5. The summed E-state index contributed by atoms with van der Waals surface area (Å²) in [5.74, 6) is 0. The molecule has 0 aromatic carbocycles. The van der Waals surface area contributed by atoms with Crippen LogP contribution in [0.25, 0.3) is 0 Å². The van der Waals surface area contributed by atoms with Crippen LogP contribution in [-0.4, -0.2) is 53.4 Å². The Morgan fingerprint density at radius 2 is 1.06 bits per heavy atom. The minimum atomic E-state index is -6.44. The highest BCUT2D eigenvalue weighted by Crippen LogP contribution is 2.35.